The maximum absolute atomic E-state index is 13.7. The molecule has 0 saturated carbocycles. The molecule has 0 bridgehead atoms. The van der Waals surface area contributed by atoms with Crippen LogP contribution in [0.15, 0.2) is 90.5 Å². The van der Waals surface area contributed by atoms with Crippen LogP contribution in [0.3, 0.4) is 0 Å². The molecule has 1 aliphatic heterocycles. The average molecular weight is 526 g/mol. The van der Waals surface area contributed by atoms with Crippen molar-refractivity contribution in [1.82, 2.24) is 0 Å². The highest BCUT2D eigenvalue weighted by Crippen LogP contribution is 2.45. The predicted octanol–water partition coefficient (Wildman–Crippen LogP) is 7.43. The van der Waals surface area contributed by atoms with E-state index in [1.807, 2.05) is 66.7 Å². The second kappa shape index (κ2) is 9.66. The number of anilines is 1. The van der Waals surface area contributed by atoms with E-state index in [4.69, 9.17) is 16.3 Å². The van der Waals surface area contributed by atoms with Crippen LogP contribution in [0.5, 0.6) is 5.75 Å². The summed E-state index contributed by atoms with van der Waals surface area (Å²) >= 11 is 6.20. The second-order valence-electron chi connectivity index (χ2n) is 10.4. The fourth-order valence-electron chi connectivity index (χ4n) is 4.94. The lowest BCUT2D eigenvalue weighted by Crippen LogP contribution is -2.29. The Balaban J connectivity index is 1.76. The maximum atomic E-state index is 13.7. The normalized spacial score (nSPS) is 17.3. The topological polar surface area (TPSA) is 66.8 Å². The Hall–Kier alpha value is -4.09. The minimum Gasteiger partial charge on any atom is -0.507 e. The summed E-state index contributed by atoms with van der Waals surface area (Å²) in [6, 6.07) is 25.1. The van der Waals surface area contributed by atoms with Crippen LogP contribution in [-0.4, -0.2) is 23.9 Å². The number of fused-ring (bicyclic) bond motifs is 1. The molecule has 1 N–H and O–H groups in total. The molecule has 1 amide bonds. The molecular formula is C32H28ClNO4. The van der Waals surface area contributed by atoms with Gasteiger partial charge in [-0.05, 0) is 46.2 Å². The van der Waals surface area contributed by atoms with Crippen molar-refractivity contribution in [2.75, 3.05) is 12.0 Å². The third kappa shape index (κ3) is 4.33. The van der Waals surface area contributed by atoms with E-state index in [9.17, 15) is 14.7 Å². The Labute approximate surface area is 226 Å². The lowest BCUT2D eigenvalue weighted by Gasteiger charge is -2.27. The summed E-state index contributed by atoms with van der Waals surface area (Å²) < 4.78 is 5.31. The molecule has 6 heteroatoms. The first-order valence-electron chi connectivity index (χ1n) is 12.3. The quantitative estimate of drug-likeness (QED) is 0.171. The van der Waals surface area contributed by atoms with Gasteiger partial charge >= 0.3 is 0 Å². The molecule has 4 aromatic rings. The highest BCUT2D eigenvalue weighted by atomic mass is 35.5. The molecule has 1 unspecified atom stereocenters. The van der Waals surface area contributed by atoms with E-state index >= 15 is 0 Å². The Morgan fingerprint density at radius 3 is 2.29 bits per heavy atom. The van der Waals surface area contributed by atoms with E-state index in [1.165, 1.54) is 12.0 Å². The third-order valence-electron chi connectivity index (χ3n) is 6.99. The molecule has 4 aromatic carbocycles. The molecule has 38 heavy (non-hydrogen) atoms. The number of halogens is 1. The minimum absolute atomic E-state index is 0.0100. The molecule has 192 valence electrons. The molecule has 0 aromatic heterocycles. The number of benzene rings is 4. The Kier molecular flexibility index (Phi) is 6.49. The van der Waals surface area contributed by atoms with Gasteiger partial charge in [0.1, 0.15) is 11.5 Å². The number of ether oxygens (including phenoxy) is 1. The van der Waals surface area contributed by atoms with Crippen molar-refractivity contribution in [3.05, 3.63) is 112 Å². The van der Waals surface area contributed by atoms with Crippen LogP contribution in [0, 0.1) is 0 Å². The third-order valence-corrected chi connectivity index (χ3v) is 7.30. The van der Waals surface area contributed by atoms with Gasteiger partial charge in [-0.2, -0.15) is 0 Å². The fourth-order valence-corrected chi connectivity index (χ4v) is 5.14. The molecule has 0 spiro atoms. The van der Waals surface area contributed by atoms with Gasteiger partial charge < -0.3 is 9.84 Å². The number of nitrogens with zero attached hydrogens (tertiary/aromatic N) is 1. The van der Waals surface area contributed by atoms with E-state index < -0.39 is 17.7 Å². The number of carbonyl (C=O) groups is 2. The summed E-state index contributed by atoms with van der Waals surface area (Å²) in [5.74, 6) is -1.39. The van der Waals surface area contributed by atoms with Crippen molar-refractivity contribution in [3.8, 4) is 5.75 Å². The molecule has 1 heterocycles. The van der Waals surface area contributed by atoms with Crippen molar-refractivity contribution in [1.29, 1.82) is 0 Å². The molecule has 5 rings (SSSR count). The second-order valence-corrected chi connectivity index (χ2v) is 10.8. The highest BCUT2D eigenvalue weighted by molar-refractivity contribution is 6.52. The number of aliphatic hydroxyl groups excluding tert-OH is 1. The Morgan fingerprint density at radius 2 is 1.61 bits per heavy atom. The predicted molar refractivity (Wildman–Crippen MR) is 152 cm³/mol. The van der Waals surface area contributed by atoms with Crippen LogP contribution >= 0.6 is 11.6 Å². The first-order chi connectivity index (χ1) is 18.1. The number of carbonyl (C=O) groups excluding carboxylic acids is 2. The van der Waals surface area contributed by atoms with Gasteiger partial charge in [-0.25, -0.2) is 0 Å². The monoisotopic (exact) mass is 525 g/mol. The number of ketones is 1. The number of amides is 1. The van der Waals surface area contributed by atoms with Gasteiger partial charge in [-0.1, -0.05) is 93.0 Å². The standard InChI is InChI=1S/C32H28ClNO4/c1-32(2,3)22-15-12-20(13-16-22)28-27(29(35)21-14-17-24(33)26(18-21)38-4)30(36)31(37)34(28)25-11-7-9-19-8-5-6-10-23(19)25/h5-18,28,35H,1-4H3/b29-27+. The highest BCUT2D eigenvalue weighted by Gasteiger charge is 2.47. The van der Waals surface area contributed by atoms with Crippen molar-refractivity contribution in [2.45, 2.75) is 32.2 Å². The molecule has 0 aliphatic carbocycles. The van der Waals surface area contributed by atoms with Crippen LogP contribution in [-0.2, 0) is 15.0 Å². The van der Waals surface area contributed by atoms with Gasteiger partial charge in [-0.15, -0.1) is 0 Å². The van der Waals surface area contributed by atoms with E-state index in [0.29, 0.717) is 27.6 Å². The largest absolute Gasteiger partial charge is 0.507 e. The lowest BCUT2D eigenvalue weighted by molar-refractivity contribution is -0.132. The maximum Gasteiger partial charge on any atom is 0.300 e. The summed E-state index contributed by atoms with van der Waals surface area (Å²) in [6.45, 7) is 6.37. The summed E-state index contributed by atoms with van der Waals surface area (Å²) in [5, 5.41) is 13.6. The van der Waals surface area contributed by atoms with Crippen molar-refractivity contribution >= 4 is 45.5 Å². The van der Waals surface area contributed by atoms with Crippen LogP contribution in [0.25, 0.3) is 16.5 Å². The number of rotatable bonds is 4. The van der Waals surface area contributed by atoms with E-state index in [2.05, 4.69) is 20.8 Å². The van der Waals surface area contributed by atoms with Crippen LogP contribution in [0.1, 0.15) is 43.5 Å². The number of Topliss-reactive ketones (excluding diaryl/α,β-unsaturated/α-hetero) is 1. The lowest BCUT2D eigenvalue weighted by atomic mass is 9.85. The number of methoxy groups -OCH3 is 1. The summed E-state index contributed by atoms with van der Waals surface area (Å²) in [4.78, 5) is 28.8. The average Bonchev–Trinajstić information content (AvgIpc) is 3.17. The molecule has 0 radical (unpaired) electrons. The molecule has 5 nitrogen and oxygen atoms in total. The van der Waals surface area contributed by atoms with Crippen molar-refractivity contribution in [3.63, 3.8) is 0 Å². The summed E-state index contributed by atoms with van der Waals surface area (Å²) in [5.41, 5.74) is 2.70. The first-order valence-corrected chi connectivity index (χ1v) is 12.7. The van der Waals surface area contributed by atoms with Crippen molar-refractivity contribution < 1.29 is 19.4 Å². The SMILES string of the molecule is COc1cc(/C(O)=C2\C(=O)C(=O)N(c3cccc4ccccc34)C2c2ccc(C(C)(C)C)cc2)ccc1Cl. The molecule has 1 saturated heterocycles. The number of hydrogen-bond donors (Lipinski definition) is 1. The smallest absolute Gasteiger partial charge is 0.300 e. The molecule has 1 fully saturated rings. The van der Waals surface area contributed by atoms with E-state index in [-0.39, 0.29) is 16.7 Å². The van der Waals surface area contributed by atoms with Crippen LogP contribution in [0.2, 0.25) is 5.02 Å². The van der Waals surface area contributed by atoms with Crippen LogP contribution < -0.4 is 9.64 Å². The van der Waals surface area contributed by atoms with Gasteiger partial charge in [0.25, 0.3) is 11.7 Å². The van der Waals surface area contributed by atoms with Crippen molar-refractivity contribution in [2.24, 2.45) is 0 Å². The van der Waals surface area contributed by atoms with Gasteiger partial charge in [0.05, 0.1) is 29.4 Å². The number of aliphatic hydroxyl groups is 1. The minimum atomic E-state index is -0.837. The summed E-state index contributed by atoms with van der Waals surface area (Å²) in [6.07, 6.45) is 0. The zero-order chi connectivity index (χ0) is 27.2. The fraction of sp³-hybridized carbons (Fsp3) is 0.188. The first kappa shape index (κ1) is 25.6. The molecular weight excluding hydrogens is 498 g/mol. The Bertz CT molecular complexity index is 1590. The van der Waals surface area contributed by atoms with Gasteiger partial charge in [0.15, 0.2) is 0 Å². The zero-order valence-corrected chi connectivity index (χ0v) is 22.4. The van der Waals surface area contributed by atoms with E-state index in [0.717, 1.165) is 16.3 Å². The molecule has 1 atom stereocenters. The Morgan fingerprint density at radius 1 is 0.921 bits per heavy atom. The van der Waals surface area contributed by atoms with Gasteiger partial charge in [0.2, 0.25) is 0 Å². The number of hydrogen-bond acceptors (Lipinski definition) is 4. The van der Waals surface area contributed by atoms with Crippen LogP contribution in [0.4, 0.5) is 5.69 Å². The molecule has 1 aliphatic rings. The summed E-state index contributed by atoms with van der Waals surface area (Å²) in [7, 11) is 1.47. The zero-order valence-electron chi connectivity index (χ0n) is 21.7. The van der Waals surface area contributed by atoms with Gasteiger partial charge in [0, 0.05) is 10.9 Å². The van der Waals surface area contributed by atoms with E-state index in [1.54, 1.807) is 18.2 Å². The van der Waals surface area contributed by atoms with Gasteiger partial charge in [-0.3, -0.25) is 14.5 Å².